The SMILES string of the molecule is N#Cc1ccc(CCP(=O)(O)O)c(O)c1C#N. The molecule has 0 saturated heterocycles. The van der Waals surface area contributed by atoms with Gasteiger partial charge in [-0.25, -0.2) is 0 Å². The van der Waals surface area contributed by atoms with Gasteiger partial charge in [-0.1, -0.05) is 6.07 Å². The lowest BCUT2D eigenvalue weighted by Gasteiger charge is -2.07. The highest BCUT2D eigenvalue weighted by molar-refractivity contribution is 7.51. The van der Waals surface area contributed by atoms with Crippen molar-refractivity contribution in [2.24, 2.45) is 0 Å². The standard InChI is InChI=1S/C10H9N2O4P/c11-5-8-2-1-7(3-4-17(14,15)16)10(13)9(8)6-12/h1-2,13H,3-4H2,(H2,14,15,16). The second kappa shape index (κ2) is 4.99. The van der Waals surface area contributed by atoms with Crippen LogP contribution in [-0.2, 0) is 11.0 Å². The summed E-state index contributed by atoms with van der Waals surface area (Å²) >= 11 is 0. The lowest BCUT2D eigenvalue weighted by atomic mass is 10.0. The average Bonchev–Trinajstić information content (AvgIpc) is 2.25. The van der Waals surface area contributed by atoms with Gasteiger partial charge in [0, 0.05) is 0 Å². The van der Waals surface area contributed by atoms with Crippen molar-refractivity contribution in [2.75, 3.05) is 6.16 Å². The zero-order valence-corrected chi connectivity index (χ0v) is 9.55. The third kappa shape index (κ3) is 3.30. The summed E-state index contributed by atoms with van der Waals surface area (Å²) in [7, 11) is -4.15. The van der Waals surface area contributed by atoms with Gasteiger partial charge in [0.25, 0.3) is 0 Å². The summed E-state index contributed by atoms with van der Waals surface area (Å²) in [6.45, 7) is 0. The highest BCUT2D eigenvalue weighted by Crippen LogP contribution is 2.36. The molecule has 7 heteroatoms. The highest BCUT2D eigenvalue weighted by Gasteiger charge is 2.17. The van der Waals surface area contributed by atoms with Crippen LogP contribution in [0.4, 0.5) is 0 Å². The molecule has 3 N–H and O–H groups in total. The van der Waals surface area contributed by atoms with E-state index in [0.29, 0.717) is 0 Å². The van der Waals surface area contributed by atoms with Gasteiger partial charge in [-0.3, -0.25) is 4.57 Å². The molecule has 0 atom stereocenters. The third-order valence-corrected chi connectivity index (χ3v) is 2.97. The largest absolute Gasteiger partial charge is 0.506 e. The molecule has 0 saturated carbocycles. The molecule has 6 nitrogen and oxygen atoms in total. The first kappa shape index (κ1) is 13.2. The molecule has 17 heavy (non-hydrogen) atoms. The van der Waals surface area contributed by atoms with E-state index in [0.717, 1.165) is 0 Å². The van der Waals surface area contributed by atoms with Crippen LogP contribution < -0.4 is 0 Å². The Hall–Kier alpha value is -1.85. The Morgan fingerprint density at radius 1 is 1.24 bits per heavy atom. The van der Waals surface area contributed by atoms with Crippen LogP contribution in [0.15, 0.2) is 12.1 Å². The van der Waals surface area contributed by atoms with Gasteiger partial charge in [0.15, 0.2) is 0 Å². The van der Waals surface area contributed by atoms with Crippen molar-refractivity contribution in [1.82, 2.24) is 0 Å². The van der Waals surface area contributed by atoms with E-state index in [1.54, 1.807) is 12.1 Å². The van der Waals surface area contributed by atoms with Crippen LogP contribution in [-0.4, -0.2) is 21.1 Å². The van der Waals surface area contributed by atoms with E-state index in [9.17, 15) is 9.67 Å². The Morgan fingerprint density at radius 3 is 2.35 bits per heavy atom. The second-order valence-electron chi connectivity index (χ2n) is 3.36. The molecule has 0 spiro atoms. The summed E-state index contributed by atoms with van der Waals surface area (Å²) in [4.78, 5) is 17.4. The van der Waals surface area contributed by atoms with E-state index < -0.39 is 13.8 Å². The Balaban J connectivity index is 3.10. The van der Waals surface area contributed by atoms with Crippen molar-refractivity contribution in [3.63, 3.8) is 0 Å². The summed E-state index contributed by atoms with van der Waals surface area (Å²) in [5, 5.41) is 27.1. The van der Waals surface area contributed by atoms with E-state index in [2.05, 4.69) is 0 Å². The van der Waals surface area contributed by atoms with Crippen LogP contribution in [0, 0.1) is 22.7 Å². The molecule has 0 radical (unpaired) electrons. The molecule has 1 rings (SSSR count). The minimum Gasteiger partial charge on any atom is -0.506 e. The van der Waals surface area contributed by atoms with Gasteiger partial charge in [0.05, 0.1) is 11.7 Å². The molecule has 0 aliphatic carbocycles. The molecule has 0 fully saturated rings. The normalized spacial score (nSPS) is 10.6. The Labute approximate surface area is 97.5 Å². The van der Waals surface area contributed by atoms with Gasteiger partial charge in [0.2, 0.25) is 0 Å². The molecule has 0 amide bonds. The topological polar surface area (TPSA) is 125 Å². The van der Waals surface area contributed by atoms with Gasteiger partial charge < -0.3 is 14.9 Å². The van der Waals surface area contributed by atoms with Crippen molar-refractivity contribution in [2.45, 2.75) is 6.42 Å². The van der Waals surface area contributed by atoms with Crippen LogP contribution in [0.5, 0.6) is 5.75 Å². The maximum Gasteiger partial charge on any atom is 0.325 e. The number of aryl methyl sites for hydroxylation is 1. The summed E-state index contributed by atoms with van der Waals surface area (Å²) < 4.78 is 10.7. The summed E-state index contributed by atoms with van der Waals surface area (Å²) in [5.41, 5.74) is 0.101. The van der Waals surface area contributed by atoms with Gasteiger partial charge >= 0.3 is 7.60 Å². The highest BCUT2D eigenvalue weighted by atomic mass is 31.2. The van der Waals surface area contributed by atoms with E-state index >= 15 is 0 Å². The summed E-state index contributed by atoms with van der Waals surface area (Å²) in [6.07, 6.45) is -0.478. The Bertz CT molecular complexity index is 565. The van der Waals surface area contributed by atoms with E-state index in [4.69, 9.17) is 20.3 Å². The van der Waals surface area contributed by atoms with Crippen LogP contribution in [0.3, 0.4) is 0 Å². The van der Waals surface area contributed by atoms with Crippen molar-refractivity contribution in [3.05, 3.63) is 28.8 Å². The first-order valence-corrected chi connectivity index (χ1v) is 6.38. The van der Waals surface area contributed by atoms with Crippen LogP contribution in [0.1, 0.15) is 16.7 Å². The van der Waals surface area contributed by atoms with E-state index in [1.807, 2.05) is 0 Å². The number of nitrogens with zero attached hydrogens (tertiary/aromatic N) is 2. The van der Waals surface area contributed by atoms with Gasteiger partial charge in [-0.05, 0) is 18.1 Å². The van der Waals surface area contributed by atoms with Crippen molar-refractivity contribution >= 4 is 7.60 Å². The fourth-order valence-corrected chi connectivity index (χ4v) is 1.84. The minimum absolute atomic E-state index is 0.0323. The molecule has 0 aliphatic heterocycles. The minimum atomic E-state index is -4.15. The van der Waals surface area contributed by atoms with Gasteiger partial charge in [-0.2, -0.15) is 10.5 Å². The smallest absolute Gasteiger partial charge is 0.325 e. The summed E-state index contributed by atoms with van der Waals surface area (Å²) in [6, 6.07) is 6.16. The molecule has 0 bridgehead atoms. The van der Waals surface area contributed by atoms with E-state index in [-0.39, 0.29) is 28.9 Å². The molecule has 88 valence electrons. The number of phenolic OH excluding ortho intramolecular Hbond substituents is 1. The first-order chi connectivity index (χ1) is 7.89. The van der Waals surface area contributed by atoms with Crippen molar-refractivity contribution in [3.8, 4) is 17.9 Å². The first-order valence-electron chi connectivity index (χ1n) is 4.58. The average molecular weight is 252 g/mol. The lowest BCUT2D eigenvalue weighted by Crippen LogP contribution is -1.97. The fourth-order valence-electron chi connectivity index (χ4n) is 1.31. The quantitative estimate of drug-likeness (QED) is 0.685. The van der Waals surface area contributed by atoms with Crippen LogP contribution in [0.2, 0.25) is 0 Å². The zero-order chi connectivity index (χ0) is 13.1. The van der Waals surface area contributed by atoms with Crippen LogP contribution >= 0.6 is 7.60 Å². The van der Waals surface area contributed by atoms with Crippen molar-refractivity contribution < 1.29 is 19.5 Å². The number of benzene rings is 1. The van der Waals surface area contributed by atoms with E-state index in [1.165, 1.54) is 12.1 Å². The number of aromatic hydroxyl groups is 1. The molecule has 0 unspecified atom stereocenters. The molecular formula is C10H9N2O4P. The third-order valence-electron chi connectivity index (χ3n) is 2.17. The molecule has 1 aromatic rings. The van der Waals surface area contributed by atoms with Gasteiger partial charge in [0.1, 0.15) is 23.5 Å². The Morgan fingerprint density at radius 2 is 1.88 bits per heavy atom. The van der Waals surface area contributed by atoms with Crippen LogP contribution in [0.25, 0.3) is 0 Å². The summed E-state index contributed by atoms with van der Waals surface area (Å²) in [5.74, 6) is -0.389. The molecule has 1 aromatic carbocycles. The molecule has 0 aliphatic rings. The second-order valence-corrected chi connectivity index (χ2v) is 5.13. The number of hydrogen-bond acceptors (Lipinski definition) is 4. The molecule has 0 heterocycles. The monoisotopic (exact) mass is 252 g/mol. The lowest BCUT2D eigenvalue weighted by molar-refractivity contribution is 0.372. The molecular weight excluding hydrogens is 243 g/mol. The number of hydrogen-bond donors (Lipinski definition) is 3. The zero-order valence-electron chi connectivity index (χ0n) is 8.66. The maximum atomic E-state index is 10.7. The number of rotatable bonds is 3. The predicted octanol–water partition coefficient (Wildman–Crippen LogP) is 0.856. The Kier molecular flexibility index (Phi) is 3.88. The number of phenols is 1. The number of nitriles is 2. The van der Waals surface area contributed by atoms with Gasteiger partial charge in [-0.15, -0.1) is 0 Å². The maximum absolute atomic E-state index is 10.7. The van der Waals surface area contributed by atoms with Crippen molar-refractivity contribution in [1.29, 1.82) is 10.5 Å². The predicted molar refractivity (Wildman–Crippen MR) is 58.2 cm³/mol. The molecule has 0 aromatic heterocycles. The fraction of sp³-hybridized carbons (Fsp3) is 0.200.